The summed E-state index contributed by atoms with van der Waals surface area (Å²) >= 11 is 0. The summed E-state index contributed by atoms with van der Waals surface area (Å²) in [4.78, 5) is 48.3. The first-order valence-corrected chi connectivity index (χ1v) is 9.51. The van der Waals surface area contributed by atoms with Crippen LogP contribution in [0.4, 0.5) is 16.2 Å². The molecule has 1 aliphatic rings. The predicted octanol–water partition coefficient (Wildman–Crippen LogP) is 4.02. The van der Waals surface area contributed by atoms with Gasteiger partial charge in [0.2, 0.25) is 12.5 Å². The molecule has 2 atom stereocenters. The van der Waals surface area contributed by atoms with Crippen LogP contribution in [0.25, 0.3) is 0 Å². The lowest BCUT2D eigenvalue weighted by molar-refractivity contribution is -0.483. The topological polar surface area (TPSA) is 133 Å². The molecule has 2 unspecified atom stereocenters. The van der Waals surface area contributed by atoms with Gasteiger partial charge in [0.15, 0.2) is 0 Å². The van der Waals surface area contributed by atoms with Crippen molar-refractivity contribution in [2.24, 2.45) is 0 Å². The molecule has 1 heterocycles. The number of rotatable bonds is 5. The van der Waals surface area contributed by atoms with Gasteiger partial charge in [-0.1, -0.05) is 30.3 Å². The number of benzene rings is 2. The van der Waals surface area contributed by atoms with Crippen LogP contribution in [0.2, 0.25) is 0 Å². The molecule has 0 aromatic heterocycles. The number of ether oxygens (including phenoxy) is 1. The molecule has 0 radical (unpaired) electrons. The second-order valence-corrected chi connectivity index (χ2v) is 8.16. The number of fused-ring (bicyclic) bond motifs is 1. The Kier molecular flexibility index (Phi) is 5.74. The maximum absolute atomic E-state index is 13.4. The molecular weight excluding hydrogens is 406 g/mol. The van der Waals surface area contributed by atoms with Gasteiger partial charge in [0.1, 0.15) is 5.60 Å². The molecule has 162 valence electrons. The zero-order valence-electron chi connectivity index (χ0n) is 17.2. The number of anilines is 1. The van der Waals surface area contributed by atoms with Crippen molar-refractivity contribution >= 4 is 23.4 Å². The third-order valence-electron chi connectivity index (χ3n) is 4.86. The molecule has 0 fully saturated rings. The summed E-state index contributed by atoms with van der Waals surface area (Å²) in [5, 5.41) is 22.4. The Bertz CT molecular complexity index is 1040. The van der Waals surface area contributed by atoms with Crippen LogP contribution in [-0.2, 0) is 9.53 Å². The van der Waals surface area contributed by atoms with Crippen LogP contribution in [0.15, 0.2) is 48.5 Å². The van der Waals surface area contributed by atoms with Crippen molar-refractivity contribution in [1.82, 2.24) is 0 Å². The SMILES string of the molecule is CC(C)(C)OC(=O)N1C(=O)C(C(C[N+](=O)[O-])c2ccc([N+](=O)[O-])cc2)c2ccccc21. The van der Waals surface area contributed by atoms with Crippen LogP contribution < -0.4 is 4.90 Å². The van der Waals surface area contributed by atoms with Gasteiger partial charge in [0.25, 0.3) is 5.69 Å². The standard InChI is InChI=1S/C21H21N3O7/c1-21(2,3)31-20(26)23-17-7-5-4-6-15(17)18(19(23)25)16(12-22(27)28)13-8-10-14(11-9-13)24(29)30/h4-11,16,18H,12H2,1-3H3. The number of non-ortho nitro benzene ring substituents is 1. The molecule has 10 heteroatoms. The van der Waals surface area contributed by atoms with Gasteiger partial charge in [0, 0.05) is 17.1 Å². The van der Waals surface area contributed by atoms with Crippen LogP contribution >= 0.6 is 0 Å². The van der Waals surface area contributed by atoms with Crippen molar-refractivity contribution in [3.63, 3.8) is 0 Å². The van der Waals surface area contributed by atoms with Crippen LogP contribution in [0.3, 0.4) is 0 Å². The van der Waals surface area contributed by atoms with E-state index in [1.807, 2.05) is 0 Å². The van der Waals surface area contributed by atoms with Crippen molar-refractivity contribution < 1.29 is 24.2 Å². The van der Waals surface area contributed by atoms with Gasteiger partial charge in [-0.3, -0.25) is 25.0 Å². The van der Waals surface area contributed by atoms with Gasteiger partial charge in [-0.15, -0.1) is 0 Å². The number of nitro groups is 2. The third kappa shape index (κ3) is 4.52. The molecule has 10 nitrogen and oxygen atoms in total. The Morgan fingerprint density at radius 3 is 2.26 bits per heavy atom. The van der Waals surface area contributed by atoms with Crippen molar-refractivity contribution in [2.75, 3.05) is 11.4 Å². The number of hydrogen-bond donors (Lipinski definition) is 0. The minimum atomic E-state index is -1.02. The molecule has 31 heavy (non-hydrogen) atoms. The number of carbonyl (C=O) groups is 2. The maximum atomic E-state index is 13.4. The lowest BCUT2D eigenvalue weighted by atomic mass is 9.82. The number of hydrogen-bond acceptors (Lipinski definition) is 7. The Labute approximate surface area is 177 Å². The van der Waals surface area contributed by atoms with E-state index in [4.69, 9.17) is 4.74 Å². The Morgan fingerprint density at radius 1 is 1.10 bits per heavy atom. The quantitative estimate of drug-likeness (QED) is 0.520. The van der Waals surface area contributed by atoms with Crippen LogP contribution in [0.1, 0.15) is 43.7 Å². The molecule has 0 aliphatic carbocycles. The van der Waals surface area contributed by atoms with Crippen molar-refractivity contribution in [3.8, 4) is 0 Å². The van der Waals surface area contributed by atoms with Gasteiger partial charge in [-0.05, 0) is 38.0 Å². The lowest BCUT2D eigenvalue weighted by Gasteiger charge is -2.24. The van der Waals surface area contributed by atoms with Crippen molar-refractivity contribution in [3.05, 3.63) is 79.9 Å². The van der Waals surface area contributed by atoms with Gasteiger partial charge in [-0.2, -0.15) is 0 Å². The first-order valence-electron chi connectivity index (χ1n) is 9.51. The van der Waals surface area contributed by atoms with E-state index in [2.05, 4.69) is 0 Å². The molecule has 3 rings (SSSR count). The fraction of sp³-hybridized carbons (Fsp3) is 0.333. The van der Waals surface area contributed by atoms with Gasteiger partial charge in [0.05, 0.1) is 22.4 Å². The van der Waals surface area contributed by atoms with E-state index in [1.54, 1.807) is 45.0 Å². The van der Waals surface area contributed by atoms with Crippen LogP contribution in [0.5, 0.6) is 0 Å². The minimum absolute atomic E-state index is 0.169. The Hall–Kier alpha value is -3.82. The fourth-order valence-electron chi connectivity index (χ4n) is 3.64. The molecule has 1 aliphatic heterocycles. The summed E-state index contributed by atoms with van der Waals surface area (Å²) in [7, 11) is 0. The van der Waals surface area contributed by atoms with E-state index in [0.29, 0.717) is 16.8 Å². The summed E-state index contributed by atoms with van der Waals surface area (Å²) in [6, 6.07) is 11.8. The van der Waals surface area contributed by atoms with E-state index < -0.39 is 45.8 Å². The summed E-state index contributed by atoms with van der Waals surface area (Å²) in [5.41, 5.74) is 0.146. The zero-order chi connectivity index (χ0) is 22.9. The summed E-state index contributed by atoms with van der Waals surface area (Å²) in [6.45, 7) is 4.41. The predicted molar refractivity (Wildman–Crippen MR) is 111 cm³/mol. The molecule has 2 amide bonds. The normalized spacial score (nSPS) is 16.5. The average molecular weight is 427 g/mol. The Balaban J connectivity index is 2.07. The van der Waals surface area contributed by atoms with Gasteiger partial charge < -0.3 is 4.74 Å². The summed E-state index contributed by atoms with van der Waals surface area (Å²) in [6.07, 6.45) is -0.865. The van der Waals surface area contributed by atoms with E-state index >= 15 is 0 Å². The number of imide groups is 1. The largest absolute Gasteiger partial charge is 0.443 e. The minimum Gasteiger partial charge on any atom is -0.443 e. The van der Waals surface area contributed by atoms with Gasteiger partial charge >= 0.3 is 6.09 Å². The van der Waals surface area contributed by atoms with Gasteiger partial charge in [-0.25, -0.2) is 9.69 Å². The van der Waals surface area contributed by atoms with E-state index in [1.165, 1.54) is 24.3 Å². The number of nitro benzene ring substituents is 1. The first-order chi connectivity index (χ1) is 14.5. The lowest BCUT2D eigenvalue weighted by Crippen LogP contribution is -2.40. The molecule has 0 N–H and O–H groups in total. The molecule has 0 bridgehead atoms. The molecule has 2 aromatic rings. The highest BCUT2D eigenvalue weighted by atomic mass is 16.6. The molecule has 0 saturated heterocycles. The van der Waals surface area contributed by atoms with E-state index in [9.17, 15) is 29.8 Å². The number of carbonyl (C=O) groups excluding carboxylic acids is 2. The van der Waals surface area contributed by atoms with E-state index in [-0.39, 0.29) is 5.69 Å². The van der Waals surface area contributed by atoms with Crippen molar-refractivity contribution in [2.45, 2.75) is 38.2 Å². The number of para-hydroxylation sites is 1. The summed E-state index contributed by atoms with van der Waals surface area (Å²) in [5.74, 6) is -2.59. The average Bonchev–Trinajstić information content (AvgIpc) is 2.96. The summed E-state index contributed by atoms with van der Waals surface area (Å²) < 4.78 is 5.36. The highest BCUT2D eigenvalue weighted by Crippen LogP contribution is 2.45. The van der Waals surface area contributed by atoms with Crippen molar-refractivity contribution in [1.29, 1.82) is 0 Å². The fourth-order valence-corrected chi connectivity index (χ4v) is 3.64. The van der Waals surface area contributed by atoms with E-state index in [0.717, 1.165) is 4.90 Å². The first kappa shape index (κ1) is 21.9. The number of nitrogens with zero attached hydrogens (tertiary/aromatic N) is 3. The van der Waals surface area contributed by atoms with Crippen LogP contribution in [-0.4, -0.2) is 34.0 Å². The molecule has 2 aromatic carbocycles. The smallest absolute Gasteiger partial charge is 0.421 e. The highest BCUT2D eigenvalue weighted by Gasteiger charge is 2.47. The Morgan fingerprint density at radius 2 is 1.71 bits per heavy atom. The second-order valence-electron chi connectivity index (χ2n) is 8.16. The molecular formula is C21H21N3O7. The molecule has 0 spiro atoms. The monoisotopic (exact) mass is 427 g/mol. The van der Waals surface area contributed by atoms with Crippen LogP contribution in [0, 0.1) is 20.2 Å². The molecule has 0 saturated carbocycles. The maximum Gasteiger partial charge on any atom is 0.421 e. The number of amides is 2. The zero-order valence-corrected chi connectivity index (χ0v) is 17.2. The highest BCUT2D eigenvalue weighted by molar-refractivity contribution is 6.19. The second kappa shape index (κ2) is 8.13. The third-order valence-corrected chi connectivity index (χ3v) is 4.86.